The van der Waals surface area contributed by atoms with Gasteiger partial charge in [-0.05, 0) is 48.8 Å². The average Bonchev–Trinajstić information content (AvgIpc) is 3.04. The van der Waals surface area contributed by atoms with E-state index in [1.807, 2.05) is 43.0 Å². The molecule has 0 unspecified atom stereocenters. The first-order valence-electron chi connectivity index (χ1n) is 8.70. The molecule has 0 radical (unpaired) electrons. The van der Waals surface area contributed by atoms with Gasteiger partial charge in [-0.15, -0.1) is 23.1 Å². The largest absolute Gasteiger partial charge is 0.358 e. The summed E-state index contributed by atoms with van der Waals surface area (Å²) in [7, 11) is 1.61. The van der Waals surface area contributed by atoms with E-state index in [0.29, 0.717) is 5.16 Å². The summed E-state index contributed by atoms with van der Waals surface area (Å²) in [6.07, 6.45) is 2.01. The van der Waals surface area contributed by atoms with Crippen LogP contribution in [-0.4, -0.2) is 34.0 Å². The zero-order valence-corrected chi connectivity index (χ0v) is 17.5. The number of hydrogen-bond acceptors (Lipinski definition) is 6. The number of thiophene rings is 1. The molecule has 0 fully saturated rings. The molecule has 3 aromatic rings. The molecule has 8 heteroatoms. The smallest absolute Gasteiger partial charge is 0.267 e. The van der Waals surface area contributed by atoms with E-state index < -0.39 is 0 Å². The monoisotopic (exact) mass is 417 g/mol. The van der Waals surface area contributed by atoms with Crippen LogP contribution in [0.25, 0.3) is 15.9 Å². The zero-order chi connectivity index (χ0) is 19.0. The standard InChI is InChI=1S/C19H19N3O2S3/c1-11-5-3-6-12(9-11)22-17(24)15-13-7-4-8-25-18(13)27-16(15)21-19(22)26-10-14(23)20-2/h3,5-6,9H,4,7-8,10H2,1-2H3,(H,20,23). The summed E-state index contributed by atoms with van der Waals surface area (Å²) in [5, 5.41) is 3.92. The zero-order valence-electron chi connectivity index (χ0n) is 15.1. The van der Waals surface area contributed by atoms with Gasteiger partial charge in [-0.25, -0.2) is 4.98 Å². The number of carbonyl (C=O) groups excluding carboxylic acids is 1. The number of amides is 1. The molecule has 0 spiro atoms. The number of fused-ring (bicyclic) bond motifs is 3. The minimum absolute atomic E-state index is 0.0370. The predicted octanol–water partition coefficient (Wildman–Crippen LogP) is 3.63. The molecule has 4 rings (SSSR count). The van der Waals surface area contributed by atoms with Gasteiger partial charge in [0.1, 0.15) is 4.83 Å². The van der Waals surface area contributed by atoms with E-state index in [4.69, 9.17) is 4.98 Å². The summed E-state index contributed by atoms with van der Waals surface area (Å²) in [4.78, 5) is 30.8. The first kappa shape index (κ1) is 18.6. The van der Waals surface area contributed by atoms with Gasteiger partial charge in [-0.1, -0.05) is 23.9 Å². The van der Waals surface area contributed by atoms with Crippen molar-refractivity contribution in [2.75, 3.05) is 18.6 Å². The van der Waals surface area contributed by atoms with Crippen LogP contribution in [0.2, 0.25) is 0 Å². The molecule has 1 amide bonds. The third-order valence-electron chi connectivity index (χ3n) is 4.43. The highest BCUT2D eigenvalue weighted by Gasteiger charge is 2.23. The first-order valence-corrected chi connectivity index (χ1v) is 11.5. The van der Waals surface area contributed by atoms with E-state index in [1.54, 1.807) is 23.0 Å². The summed E-state index contributed by atoms with van der Waals surface area (Å²) in [5.74, 6) is 1.22. The minimum Gasteiger partial charge on any atom is -0.358 e. The average molecular weight is 418 g/mol. The SMILES string of the molecule is CNC(=O)CSc1nc2sc3c(c2c(=O)n1-c1cccc(C)c1)CCCS3. The maximum atomic E-state index is 13.5. The van der Waals surface area contributed by atoms with Crippen LogP contribution >= 0.6 is 34.9 Å². The Hall–Kier alpha value is -1.77. The number of thioether (sulfide) groups is 2. The Kier molecular flexibility index (Phi) is 5.29. The molecule has 0 aliphatic carbocycles. The number of benzene rings is 1. The van der Waals surface area contributed by atoms with Crippen LogP contribution in [0.5, 0.6) is 0 Å². The second-order valence-electron chi connectivity index (χ2n) is 6.34. The lowest BCUT2D eigenvalue weighted by molar-refractivity contribution is -0.118. The van der Waals surface area contributed by atoms with Crippen LogP contribution in [0, 0.1) is 6.92 Å². The first-order chi connectivity index (χ1) is 13.1. The number of nitrogens with zero attached hydrogens (tertiary/aromatic N) is 2. The van der Waals surface area contributed by atoms with Gasteiger partial charge < -0.3 is 5.32 Å². The van der Waals surface area contributed by atoms with Gasteiger partial charge in [0.2, 0.25) is 5.91 Å². The minimum atomic E-state index is -0.0915. The Bertz CT molecular complexity index is 1090. The van der Waals surface area contributed by atoms with E-state index in [1.165, 1.54) is 16.0 Å². The summed E-state index contributed by atoms with van der Waals surface area (Å²) in [6, 6.07) is 7.83. The Morgan fingerprint density at radius 3 is 3.04 bits per heavy atom. The maximum Gasteiger partial charge on any atom is 0.267 e. The van der Waals surface area contributed by atoms with E-state index >= 15 is 0 Å². The number of aromatic nitrogens is 2. The van der Waals surface area contributed by atoms with E-state index in [9.17, 15) is 9.59 Å². The lowest BCUT2D eigenvalue weighted by atomic mass is 10.1. The van der Waals surface area contributed by atoms with Crippen molar-refractivity contribution >= 4 is 51.0 Å². The molecule has 0 saturated heterocycles. The van der Waals surface area contributed by atoms with Gasteiger partial charge in [0.15, 0.2) is 5.16 Å². The number of rotatable bonds is 4. The number of hydrogen-bond donors (Lipinski definition) is 1. The summed E-state index contributed by atoms with van der Waals surface area (Å²) >= 11 is 4.71. The van der Waals surface area contributed by atoms with E-state index in [2.05, 4.69) is 5.32 Å². The fourth-order valence-electron chi connectivity index (χ4n) is 3.12. The van der Waals surface area contributed by atoms with Crippen molar-refractivity contribution in [2.24, 2.45) is 0 Å². The summed E-state index contributed by atoms with van der Waals surface area (Å²) in [6.45, 7) is 2.00. The normalized spacial score (nSPS) is 13.6. The second kappa shape index (κ2) is 7.69. The molecule has 1 aromatic carbocycles. The third-order valence-corrected chi connectivity index (χ3v) is 7.90. The van der Waals surface area contributed by atoms with Gasteiger partial charge >= 0.3 is 0 Å². The quantitative estimate of drug-likeness (QED) is 0.519. The second-order valence-corrected chi connectivity index (χ2v) is 9.64. The third kappa shape index (κ3) is 3.53. The molecule has 1 N–H and O–H groups in total. The molecule has 2 aromatic heterocycles. The molecule has 0 bridgehead atoms. The molecule has 1 aliphatic rings. The highest BCUT2D eigenvalue weighted by atomic mass is 32.2. The summed E-state index contributed by atoms with van der Waals surface area (Å²) in [5.41, 5.74) is 2.97. The highest BCUT2D eigenvalue weighted by Crippen LogP contribution is 2.40. The van der Waals surface area contributed by atoms with Crippen LogP contribution in [0.4, 0.5) is 0 Å². The molecule has 0 atom stereocenters. The number of aryl methyl sites for hydroxylation is 2. The Morgan fingerprint density at radius 2 is 2.26 bits per heavy atom. The van der Waals surface area contributed by atoms with Crippen LogP contribution in [0.15, 0.2) is 38.4 Å². The predicted molar refractivity (Wildman–Crippen MR) is 114 cm³/mol. The lowest BCUT2D eigenvalue weighted by Gasteiger charge is -2.13. The van der Waals surface area contributed by atoms with E-state index in [-0.39, 0.29) is 17.2 Å². The van der Waals surface area contributed by atoms with E-state index in [0.717, 1.165) is 45.6 Å². The van der Waals surface area contributed by atoms with Crippen molar-refractivity contribution in [3.8, 4) is 5.69 Å². The van der Waals surface area contributed by atoms with Crippen LogP contribution in [0.1, 0.15) is 17.5 Å². The number of carbonyl (C=O) groups is 1. The van der Waals surface area contributed by atoms with Gasteiger partial charge in [0, 0.05) is 7.05 Å². The molecule has 5 nitrogen and oxygen atoms in total. The molecule has 27 heavy (non-hydrogen) atoms. The van der Waals surface area contributed by atoms with Gasteiger partial charge in [-0.3, -0.25) is 14.2 Å². The van der Waals surface area contributed by atoms with Crippen LogP contribution < -0.4 is 10.9 Å². The maximum absolute atomic E-state index is 13.5. The highest BCUT2D eigenvalue weighted by molar-refractivity contribution is 8.01. The van der Waals surface area contributed by atoms with Gasteiger partial charge in [-0.2, -0.15) is 0 Å². The molecular weight excluding hydrogens is 398 g/mol. The van der Waals surface area contributed by atoms with Crippen LogP contribution in [0.3, 0.4) is 0 Å². The van der Waals surface area contributed by atoms with Crippen molar-refractivity contribution in [3.05, 3.63) is 45.7 Å². The summed E-state index contributed by atoms with van der Waals surface area (Å²) < 4.78 is 2.87. The van der Waals surface area contributed by atoms with Gasteiger partial charge in [0.25, 0.3) is 5.56 Å². The molecule has 1 aliphatic heterocycles. The molecule has 3 heterocycles. The molecular formula is C19H19N3O2S3. The van der Waals surface area contributed by atoms with Crippen LogP contribution in [-0.2, 0) is 11.2 Å². The Labute approximate surface area is 169 Å². The Morgan fingerprint density at radius 1 is 1.41 bits per heavy atom. The van der Waals surface area contributed by atoms with Crippen molar-refractivity contribution in [2.45, 2.75) is 29.1 Å². The molecule has 140 valence electrons. The lowest BCUT2D eigenvalue weighted by Crippen LogP contribution is -2.24. The van der Waals surface area contributed by atoms with Crippen molar-refractivity contribution in [1.82, 2.24) is 14.9 Å². The number of nitrogens with one attached hydrogen (secondary N) is 1. The Balaban J connectivity index is 1.94. The van der Waals surface area contributed by atoms with Crippen molar-refractivity contribution in [1.29, 1.82) is 0 Å². The fourth-order valence-corrected chi connectivity index (χ4v) is 6.58. The molecule has 0 saturated carbocycles. The van der Waals surface area contributed by atoms with Crippen molar-refractivity contribution < 1.29 is 4.79 Å². The van der Waals surface area contributed by atoms with Crippen molar-refractivity contribution in [3.63, 3.8) is 0 Å². The van der Waals surface area contributed by atoms with Gasteiger partial charge in [0.05, 0.1) is 21.0 Å². The topological polar surface area (TPSA) is 64.0 Å². The fraction of sp³-hybridized carbons (Fsp3) is 0.316.